The molecule has 0 spiro atoms. The van der Waals surface area contributed by atoms with Gasteiger partial charge in [-0.2, -0.15) is 0 Å². The van der Waals surface area contributed by atoms with Crippen molar-refractivity contribution in [2.45, 2.75) is 51.7 Å². The van der Waals surface area contributed by atoms with Gasteiger partial charge in [0.05, 0.1) is 23.2 Å². The van der Waals surface area contributed by atoms with Crippen molar-refractivity contribution in [2.24, 2.45) is 4.99 Å². The number of aryl methyl sites for hydroxylation is 2. The van der Waals surface area contributed by atoms with Gasteiger partial charge in [0, 0.05) is 19.6 Å². The Kier molecular flexibility index (Phi) is 5.58. The average Bonchev–Trinajstić information content (AvgIpc) is 2.90. The van der Waals surface area contributed by atoms with E-state index in [2.05, 4.69) is 57.2 Å². The molecule has 0 radical (unpaired) electrons. The second kappa shape index (κ2) is 7.87. The van der Waals surface area contributed by atoms with Gasteiger partial charge in [-0.3, -0.25) is 4.99 Å². The van der Waals surface area contributed by atoms with Crippen LogP contribution in [0.5, 0.6) is 0 Å². The Morgan fingerprint density at radius 2 is 2.12 bits per heavy atom. The molecule has 6 nitrogen and oxygen atoms in total. The minimum Gasteiger partial charge on any atom is -0.388 e. The van der Waals surface area contributed by atoms with Gasteiger partial charge < -0.3 is 20.3 Å². The number of nitrogens with one attached hydrogen (secondary N) is 2. The van der Waals surface area contributed by atoms with Gasteiger partial charge in [0.1, 0.15) is 5.82 Å². The summed E-state index contributed by atoms with van der Waals surface area (Å²) in [6, 6.07) is 8.25. The smallest absolute Gasteiger partial charge is 0.191 e. The van der Waals surface area contributed by atoms with Crippen LogP contribution in [0.15, 0.2) is 29.3 Å². The Morgan fingerprint density at radius 1 is 1.32 bits per heavy atom. The Morgan fingerprint density at radius 3 is 2.84 bits per heavy atom. The number of aliphatic hydroxyl groups is 1. The molecule has 1 aliphatic carbocycles. The lowest BCUT2D eigenvalue weighted by atomic mass is 9.80. The molecule has 6 heteroatoms. The zero-order valence-electron chi connectivity index (χ0n) is 15.3. The molecular weight excluding hydrogens is 314 g/mol. The van der Waals surface area contributed by atoms with Crippen LogP contribution in [0.25, 0.3) is 11.0 Å². The molecule has 0 amide bonds. The lowest BCUT2D eigenvalue weighted by Crippen LogP contribution is -2.43. The molecule has 136 valence electrons. The van der Waals surface area contributed by atoms with Crippen LogP contribution in [0.4, 0.5) is 0 Å². The molecule has 2 aromatic rings. The summed E-state index contributed by atoms with van der Waals surface area (Å²) in [5.41, 5.74) is 1.67. The number of para-hydroxylation sites is 2. The SMILES string of the molecule is CCNC(=NCC1(O)CCC1)NCCCn1c(C)nc2ccccc21. The first kappa shape index (κ1) is 17.7. The molecule has 1 aliphatic rings. The van der Waals surface area contributed by atoms with E-state index in [1.165, 1.54) is 5.52 Å². The molecular formula is C19H29N5O. The fraction of sp³-hybridized carbons (Fsp3) is 0.579. The summed E-state index contributed by atoms with van der Waals surface area (Å²) < 4.78 is 2.26. The summed E-state index contributed by atoms with van der Waals surface area (Å²) in [5.74, 6) is 1.84. The van der Waals surface area contributed by atoms with E-state index in [0.717, 1.165) is 62.6 Å². The highest BCUT2D eigenvalue weighted by Crippen LogP contribution is 2.31. The van der Waals surface area contributed by atoms with Gasteiger partial charge in [0.2, 0.25) is 0 Å². The lowest BCUT2D eigenvalue weighted by Gasteiger charge is -2.35. The van der Waals surface area contributed by atoms with Crippen molar-refractivity contribution in [3.63, 3.8) is 0 Å². The molecule has 0 aliphatic heterocycles. The van der Waals surface area contributed by atoms with Crippen LogP contribution in [0.1, 0.15) is 38.4 Å². The van der Waals surface area contributed by atoms with Crippen molar-refractivity contribution in [3.05, 3.63) is 30.1 Å². The molecule has 1 fully saturated rings. The first-order valence-electron chi connectivity index (χ1n) is 9.28. The molecule has 0 saturated heterocycles. The number of imidazole rings is 1. The Bertz CT molecular complexity index is 732. The number of rotatable bonds is 7. The second-order valence-electron chi connectivity index (χ2n) is 6.85. The summed E-state index contributed by atoms with van der Waals surface area (Å²) >= 11 is 0. The lowest BCUT2D eigenvalue weighted by molar-refractivity contribution is -0.0236. The number of guanidine groups is 1. The van der Waals surface area contributed by atoms with E-state index in [9.17, 15) is 5.11 Å². The van der Waals surface area contributed by atoms with Crippen LogP contribution in [0, 0.1) is 6.92 Å². The third kappa shape index (κ3) is 4.31. The summed E-state index contributed by atoms with van der Waals surface area (Å²) in [6.07, 6.45) is 3.82. The van der Waals surface area contributed by atoms with Crippen LogP contribution >= 0.6 is 0 Å². The fourth-order valence-electron chi connectivity index (χ4n) is 3.23. The molecule has 0 atom stereocenters. The van der Waals surface area contributed by atoms with Crippen molar-refractivity contribution in [3.8, 4) is 0 Å². The maximum atomic E-state index is 10.2. The quantitative estimate of drug-likeness (QED) is 0.409. The van der Waals surface area contributed by atoms with Gasteiger partial charge in [-0.25, -0.2) is 4.98 Å². The molecule has 3 rings (SSSR count). The number of hydrogen-bond acceptors (Lipinski definition) is 3. The molecule has 0 bridgehead atoms. The van der Waals surface area contributed by atoms with Gasteiger partial charge in [0.15, 0.2) is 5.96 Å². The third-order valence-electron chi connectivity index (χ3n) is 4.86. The van der Waals surface area contributed by atoms with Crippen LogP contribution in [0.3, 0.4) is 0 Å². The summed E-state index contributed by atoms with van der Waals surface area (Å²) in [4.78, 5) is 9.14. The highest BCUT2D eigenvalue weighted by molar-refractivity contribution is 5.79. The van der Waals surface area contributed by atoms with Crippen molar-refractivity contribution >= 4 is 17.0 Å². The monoisotopic (exact) mass is 343 g/mol. The van der Waals surface area contributed by atoms with Gasteiger partial charge in [-0.1, -0.05) is 12.1 Å². The minimum absolute atomic E-state index is 0.480. The maximum Gasteiger partial charge on any atom is 0.191 e. The fourth-order valence-corrected chi connectivity index (χ4v) is 3.23. The molecule has 1 aromatic heterocycles. The van der Waals surface area contributed by atoms with Gasteiger partial charge in [-0.05, 0) is 51.7 Å². The zero-order chi connectivity index (χ0) is 17.7. The van der Waals surface area contributed by atoms with Crippen molar-refractivity contribution in [1.82, 2.24) is 20.2 Å². The highest BCUT2D eigenvalue weighted by atomic mass is 16.3. The largest absolute Gasteiger partial charge is 0.388 e. The molecule has 1 heterocycles. The first-order valence-corrected chi connectivity index (χ1v) is 9.28. The summed E-state index contributed by atoms with van der Waals surface area (Å²) in [6.45, 7) is 7.15. The van der Waals surface area contributed by atoms with Crippen molar-refractivity contribution in [1.29, 1.82) is 0 Å². The minimum atomic E-state index is -0.574. The van der Waals surface area contributed by atoms with Crippen molar-refractivity contribution < 1.29 is 5.11 Å². The number of benzene rings is 1. The van der Waals surface area contributed by atoms with Crippen LogP contribution in [-0.4, -0.2) is 45.9 Å². The number of nitrogens with zero attached hydrogens (tertiary/aromatic N) is 3. The van der Waals surface area contributed by atoms with Crippen LogP contribution in [0.2, 0.25) is 0 Å². The van der Waals surface area contributed by atoms with Gasteiger partial charge in [0.25, 0.3) is 0 Å². The van der Waals surface area contributed by atoms with E-state index >= 15 is 0 Å². The van der Waals surface area contributed by atoms with E-state index < -0.39 is 5.60 Å². The third-order valence-corrected chi connectivity index (χ3v) is 4.86. The van der Waals surface area contributed by atoms with Gasteiger partial charge >= 0.3 is 0 Å². The van der Waals surface area contributed by atoms with E-state index in [4.69, 9.17) is 0 Å². The van der Waals surface area contributed by atoms with E-state index in [-0.39, 0.29) is 0 Å². The van der Waals surface area contributed by atoms with E-state index in [1.807, 2.05) is 6.07 Å². The molecule has 0 unspecified atom stereocenters. The number of hydrogen-bond donors (Lipinski definition) is 3. The molecule has 1 saturated carbocycles. The van der Waals surface area contributed by atoms with Crippen LogP contribution < -0.4 is 10.6 Å². The number of aliphatic imine (C=N–C) groups is 1. The van der Waals surface area contributed by atoms with Crippen molar-refractivity contribution in [2.75, 3.05) is 19.6 Å². The molecule has 3 N–H and O–H groups in total. The Hall–Kier alpha value is -2.08. The standard InChI is InChI=1S/C19H29N5O/c1-3-20-18(22-14-19(25)10-6-11-19)21-12-7-13-24-15(2)23-16-8-4-5-9-17(16)24/h4-5,8-9,25H,3,6-7,10-14H2,1-2H3,(H2,20,21,22). The normalized spacial score (nSPS) is 16.7. The average molecular weight is 343 g/mol. The predicted molar refractivity (Wildman–Crippen MR) is 102 cm³/mol. The first-order chi connectivity index (χ1) is 12.1. The highest BCUT2D eigenvalue weighted by Gasteiger charge is 2.34. The summed E-state index contributed by atoms with van der Waals surface area (Å²) in [5, 5.41) is 16.8. The predicted octanol–water partition coefficient (Wildman–Crippen LogP) is 2.20. The summed E-state index contributed by atoms with van der Waals surface area (Å²) in [7, 11) is 0. The van der Waals surface area contributed by atoms with Gasteiger partial charge in [-0.15, -0.1) is 0 Å². The number of fused-ring (bicyclic) bond motifs is 1. The zero-order valence-corrected chi connectivity index (χ0v) is 15.3. The topological polar surface area (TPSA) is 74.5 Å². The van der Waals surface area contributed by atoms with E-state index in [0.29, 0.717) is 6.54 Å². The Balaban J connectivity index is 1.51. The maximum absolute atomic E-state index is 10.2. The molecule has 25 heavy (non-hydrogen) atoms. The Labute approximate surface area is 149 Å². The van der Waals surface area contributed by atoms with E-state index in [1.54, 1.807) is 0 Å². The second-order valence-corrected chi connectivity index (χ2v) is 6.85. The van der Waals surface area contributed by atoms with Crippen LogP contribution in [-0.2, 0) is 6.54 Å². The molecule has 1 aromatic carbocycles. The number of aromatic nitrogens is 2.